The summed E-state index contributed by atoms with van der Waals surface area (Å²) in [5.41, 5.74) is 0.226. The van der Waals surface area contributed by atoms with Crippen molar-refractivity contribution in [3.05, 3.63) is 24.0 Å². The molecule has 1 fully saturated rings. The Balaban J connectivity index is 2.17. The van der Waals surface area contributed by atoms with Gasteiger partial charge >= 0.3 is 0 Å². The highest BCUT2D eigenvalue weighted by molar-refractivity contribution is 7.89. The molecule has 18 heavy (non-hydrogen) atoms. The van der Waals surface area contributed by atoms with Gasteiger partial charge in [-0.25, -0.2) is 17.9 Å². The summed E-state index contributed by atoms with van der Waals surface area (Å²) in [6.45, 7) is 1.95. The Bertz CT molecular complexity index is 600. The van der Waals surface area contributed by atoms with Crippen LogP contribution in [0.5, 0.6) is 0 Å². The summed E-state index contributed by atoms with van der Waals surface area (Å²) in [6, 6.07) is 3.30. The van der Waals surface area contributed by atoms with Crippen molar-refractivity contribution in [2.75, 3.05) is 5.32 Å². The average molecular weight is 272 g/mol. The third kappa shape index (κ3) is 2.68. The number of rotatable bonds is 3. The molecule has 5 nitrogen and oxygen atoms in total. The summed E-state index contributed by atoms with van der Waals surface area (Å²) in [4.78, 5) is 11.0. The van der Waals surface area contributed by atoms with Gasteiger partial charge in [-0.1, -0.05) is 6.92 Å². The summed E-state index contributed by atoms with van der Waals surface area (Å²) < 4.78 is 35.5. The van der Waals surface area contributed by atoms with Crippen molar-refractivity contribution < 1.29 is 17.6 Å². The molecule has 0 saturated heterocycles. The third-order valence-electron chi connectivity index (χ3n) is 2.95. The molecule has 1 aromatic rings. The molecule has 2 unspecified atom stereocenters. The summed E-state index contributed by atoms with van der Waals surface area (Å²) in [5.74, 6) is -0.839. The maximum atomic E-state index is 13.5. The molecular weight excluding hydrogens is 259 g/mol. The number of nitrogens with two attached hydrogens (primary N) is 1. The molecule has 0 spiro atoms. The highest BCUT2D eigenvalue weighted by Gasteiger charge is 2.39. The first kappa shape index (κ1) is 13.0. The molecule has 1 saturated carbocycles. The van der Waals surface area contributed by atoms with Gasteiger partial charge < -0.3 is 5.32 Å². The lowest BCUT2D eigenvalue weighted by molar-refractivity contribution is -0.117. The molecule has 98 valence electrons. The predicted octanol–water partition coefficient (Wildman–Crippen LogP) is 1.07. The Morgan fingerprint density at radius 3 is 2.56 bits per heavy atom. The summed E-state index contributed by atoms with van der Waals surface area (Å²) in [7, 11) is -4.08. The molecule has 0 heterocycles. The fourth-order valence-electron chi connectivity index (χ4n) is 1.73. The highest BCUT2D eigenvalue weighted by atomic mass is 32.2. The summed E-state index contributed by atoms with van der Waals surface area (Å²) in [5, 5.41) is 7.37. The number of benzene rings is 1. The van der Waals surface area contributed by atoms with E-state index >= 15 is 0 Å². The van der Waals surface area contributed by atoms with Gasteiger partial charge in [0.05, 0.1) is 0 Å². The van der Waals surface area contributed by atoms with Crippen LogP contribution in [0.25, 0.3) is 0 Å². The number of sulfonamides is 1. The van der Waals surface area contributed by atoms with Crippen molar-refractivity contribution in [3.8, 4) is 0 Å². The standard InChI is InChI=1S/C11H13FN2O3S/c1-6-4-8(6)11(15)14-7-2-3-10(9(12)5-7)18(13,16)17/h2-3,5-6,8H,4H2,1H3,(H,14,15)(H2,13,16,17). The minimum absolute atomic E-state index is 0.0361. The van der Waals surface area contributed by atoms with Crippen LogP contribution in [-0.2, 0) is 14.8 Å². The second-order valence-electron chi connectivity index (χ2n) is 4.50. The lowest BCUT2D eigenvalue weighted by Gasteiger charge is -2.06. The zero-order valence-corrected chi connectivity index (χ0v) is 10.5. The maximum Gasteiger partial charge on any atom is 0.240 e. The minimum Gasteiger partial charge on any atom is -0.326 e. The smallest absolute Gasteiger partial charge is 0.240 e. The second-order valence-corrected chi connectivity index (χ2v) is 6.03. The Labute approximate surface area is 104 Å². The first-order valence-corrected chi connectivity index (χ1v) is 6.97. The van der Waals surface area contributed by atoms with Gasteiger partial charge in [-0.15, -0.1) is 0 Å². The highest BCUT2D eigenvalue weighted by Crippen LogP contribution is 2.38. The van der Waals surface area contributed by atoms with E-state index in [1.807, 2.05) is 6.92 Å². The fraction of sp³-hybridized carbons (Fsp3) is 0.364. The zero-order valence-electron chi connectivity index (χ0n) is 9.68. The van der Waals surface area contributed by atoms with Gasteiger partial charge in [0.2, 0.25) is 15.9 Å². The van der Waals surface area contributed by atoms with Crippen molar-refractivity contribution in [3.63, 3.8) is 0 Å². The van der Waals surface area contributed by atoms with E-state index in [1.54, 1.807) is 0 Å². The van der Waals surface area contributed by atoms with Crippen LogP contribution < -0.4 is 10.5 Å². The van der Waals surface area contributed by atoms with Crippen LogP contribution in [0.1, 0.15) is 13.3 Å². The Kier molecular flexibility index (Phi) is 3.12. The Hall–Kier alpha value is -1.47. The molecule has 1 aliphatic carbocycles. The number of primary sulfonamides is 1. The number of carbonyl (C=O) groups excluding carboxylic acids is 1. The molecule has 7 heteroatoms. The van der Waals surface area contributed by atoms with Gasteiger partial charge in [-0.2, -0.15) is 0 Å². The van der Waals surface area contributed by atoms with Crippen LogP contribution in [0.4, 0.5) is 10.1 Å². The Morgan fingerprint density at radius 2 is 2.11 bits per heavy atom. The number of nitrogens with one attached hydrogen (secondary N) is 1. The number of halogens is 1. The number of hydrogen-bond acceptors (Lipinski definition) is 3. The van der Waals surface area contributed by atoms with E-state index in [2.05, 4.69) is 5.32 Å². The van der Waals surface area contributed by atoms with Crippen LogP contribution >= 0.6 is 0 Å². The lowest BCUT2D eigenvalue weighted by Crippen LogP contribution is -2.16. The molecule has 2 rings (SSSR count). The zero-order chi connectivity index (χ0) is 13.5. The van der Waals surface area contributed by atoms with E-state index in [9.17, 15) is 17.6 Å². The number of amides is 1. The molecule has 1 aromatic carbocycles. The second kappa shape index (κ2) is 4.33. The molecule has 0 aromatic heterocycles. The quantitative estimate of drug-likeness (QED) is 0.862. The average Bonchev–Trinajstić information content (AvgIpc) is 2.93. The largest absolute Gasteiger partial charge is 0.326 e. The molecule has 3 N–H and O–H groups in total. The summed E-state index contributed by atoms with van der Waals surface area (Å²) >= 11 is 0. The fourth-order valence-corrected chi connectivity index (χ4v) is 2.32. The van der Waals surface area contributed by atoms with E-state index in [-0.39, 0.29) is 17.5 Å². The van der Waals surface area contributed by atoms with Gasteiger partial charge in [0.15, 0.2) is 0 Å². The normalized spacial score (nSPS) is 22.6. The van der Waals surface area contributed by atoms with E-state index in [0.29, 0.717) is 5.92 Å². The molecule has 0 radical (unpaired) electrons. The van der Waals surface area contributed by atoms with Gasteiger partial charge in [-0.05, 0) is 30.5 Å². The van der Waals surface area contributed by atoms with Gasteiger partial charge in [0.25, 0.3) is 0 Å². The molecular formula is C11H13FN2O3S. The van der Waals surface area contributed by atoms with Crippen molar-refractivity contribution in [2.24, 2.45) is 17.0 Å². The minimum atomic E-state index is -4.08. The molecule has 2 atom stereocenters. The number of hydrogen-bond donors (Lipinski definition) is 2. The maximum absolute atomic E-state index is 13.5. The van der Waals surface area contributed by atoms with E-state index < -0.39 is 20.7 Å². The van der Waals surface area contributed by atoms with Crippen LogP contribution in [0.15, 0.2) is 23.1 Å². The lowest BCUT2D eigenvalue weighted by atomic mass is 10.2. The van der Waals surface area contributed by atoms with E-state index in [0.717, 1.165) is 18.6 Å². The van der Waals surface area contributed by atoms with Gasteiger partial charge in [0.1, 0.15) is 10.7 Å². The molecule has 0 bridgehead atoms. The van der Waals surface area contributed by atoms with Crippen molar-refractivity contribution in [1.29, 1.82) is 0 Å². The number of carbonyl (C=O) groups is 1. The SMILES string of the molecule is CC1CC1C(=O)Nc1ccc(S(N)(=O)=O)c(F)c1. The van der Waals surface area contributed by atoms with Crippen molar-refractivity contribution in [2.45, 2.75) is 18.2 Å². The van der Waals surface area contributed by atoms with E-state index in [1.165, 1.54) is 6.07 Å². The third-order valence-corrected chi connectivity index (χ3v) is 3.90. The first-order valence-electron chi connectivity index (χ1n) is 5.42. The van der Waals surface area contributed by atoms with Crippen molar-refractivity contribution >= 4 is 21.6 Å². The predicted molar refractivity (Wildman–Crippen MR) is 63.7 cm³/mol. The van der Waals surface area contributed by atoms with Crippen LogP contribution in [0.2, 0.25) is 0 Å². The number of anilines is 1. The monoisotopic (exact) mass is 272 g/mol. The van der Waals surface area contributed by atoms with Gasteiger partial charge in [-0.3, -0.25) is 4.79 Å². The molecule has 1 aliphatic rings. The van der Waals surface area contributed by atoms with Gasteiger partial charge in [0, 0.05) is 11.6 Å². The first-order chi connectivity index (χ1) is 8.29. The molecule has 1 amide bonds. The van der Waals surface area contributed by atoms with Crippen LogP contribution in [-0.4, -0.2) is 14.3 Å². The van der Waals surface area contributed by atoms with Crippen LogP contribution in [0, 0.1) is 17.7 Å². The van der Waals surface area contributed by atoms with E-state index in [4.69, 9.17) is 5.14 Å². The van der Waals surface area contributed by atoms with Crippen LogP contribution in [0.3, 0.4) is 0 Å². The van der Waals surface area contributed by atoms with Crippen molar-refractivity contribution in [1.82, 2.24) is 0 Å². The summed E-state index contributed by atoms with van der Waals surface area (Å²) in [6.07, 6.45) is 0.823. The topological polar surface area (TPSA) is 89.3 Å². The molecule has 0 aliphatic heterocycles. The Morgan fingerprint density at radius 1 is 1.50 bits per heavy atom.